The van der Waals surface area contributed by atoms with Crippen molar-refractivity contribution in [2.75, 3.05) is 19.6 Å². The Balaban J connectivity index is 0.000000735. The number of aliphatic carboxylic acids is 1. The Labute approximate surface area is 172 Å². The summed E-state index contributed by atoms with van der Waals surface area (Å²) in [6.45, 7) is 3.71. The third kappa shape index (κ3) is 7.47. The predicted molar refractivity (Wildman–Crippen MR) is 106 cm³/mol. The van der Waals surface area contributed by atoms with Crippen LogP contribution < -0.4 is 10.6 Å². The highest BCUT2D eigenvalue weighted by molar-refractivity contribution is 5.94. The van der Waals surface area contributed by atoms with E-state index in [4.69, 9.17) is 9.90 Å². The highest BCUT2D eigenvalue weighted by atomic mass is 19.4. The van der Waals surface area contributed by atoms with Gasteiger partial charge in [0, 0.05) is 30.8 Å². The van der Waals surface area contributed by atoms with Gasteiger partial charge in [0.15, 0.2) is 0 Å². The van der Waals surface area contributed by atoms with Gasteiger partial charge >= 0.3 is 6.18 Å². The molecule has 0 atom stereocenters. The quantitative estimate of drug-likeness (QED) is 0.699. The number of alkyl halides is 3. The Hall–Kier alpha value is -2.94. The fraction of sp³-hybridized carbons (Fsp3) is 0.381. The van der Waals surface area contributed by atoms with Crippen LogP contribution in [-0.4, -0.2) is 41.6 Å². The molecular formula is C21H24F3N3O3. The van der Waals surface area contributed by atoms with Gasteiger partial charge in [-0.05, 0) is 55.6 Å². The van der Waals surface area contributed by atoms with Gasteiger partial charge < -0.3 is 15.7 Å². The second-order valence-electron chi connectivity index (χ2n) is 6.93. The molecule has 1 aliphatic rings. The van der Waals surface area contributed by atoms with E-state index in [0.717, 1.165) is 38.9 Å². The van der Waals surface area contributed by atoms with Gasteiger partial charge in [0.2, 0.25) is 0 Å². The number of carboxylic acid groups (broad SMARTS) is 1. The van der Waals surface area contributed by atoms with Gasteiger partial charge in [-0.2, -0.15) is 13.2 Å². The molecular weight excluding hydrogens is 399 g/mol. The second kappa shape index (κ2) is 10.7. The monoisotopic (exact) mass is 423 g/mol. The highest BCUT2D eigenvalue weighted by Crippen LogP contribution is 2.29. The minimum atomic E-state index is -4.45. The first-order valence-corrected chi connectivity index (χ1v) is 9.49. The van der Waals surface area contributed by atoms with Crippen LogP contribution in [0.3, 0.4) is 0 Å². The van der Waals surface area contributed by atoms with E-state index in [9.17, 15) is 18.0 Å². The molecule has 0 saturated carbocycles. The minimum Gasteiger partial charge on any atom is -0.481 e. The van der Waals surface area contributed by atoms with Gasteiger partial charge in [-0.25, -0.2) is 0 Å². The molecule has 0 bridgehead atoms. The maximum absolute atomic E-state index is 12.6. The summed E-state index contributed by atoms with van der Waals surface area (Å²) < 4.78 is 37.7. The number of carboxylic acids is 1. The number of carbonyl (C=O) groups excluding carboxylic acids is 1. The Bertz CT molecular complexity index is 827. The first kappa shape index (κ1) is 23.3. The zero-order valence-corrected chi connectivity index (χ0v) is 16.5. The summed E-state index contributed by atoms with van der Waals surface area (Å²) in [7, 11) is 0. The molecule has 9 heteroatoms. The molecule has 1 aromatic heterocycles. The van der Waals surface area contributed by atoms with Crippen molar-refractivity contribution in [3.63, 3.8) is 0 Å². The molecule has 0 unspecified atom stereocenters. The fourth-order valence-electron chi connectivity index (χ4n) is 2.97. The average molecular weight is 423 g/mol. The standard InChI is InChI=1S/C19H20F3N3O.C2H4O2/c20-19(21,22)17-6-5-16(12-24-17)14-1-3-15(4-2-14)18(26)25-11-13-7-9-23-10-8-13;1-2(3)4/h1-6,12-13,23H,7-11H2,(H,25,26);1H3,(H,3,4). The number of pyridine rings is 1. The van der Waals surface area contributed by atoms with Gasteiger partial charge in [0.1, 0.15) is 5.69 Å². The summed E-state index contributed by atoms with van der Waals surface area (Å²) >= 11 is 0. The zero-order valence-electron chi connectivity index (χ0n) is 16.5. The van der Waals surface area contributed by atoms with Gasteiger partial charge in [0.25, 0.3) is 11.9 Å². The van der Waals surface area contributed by atoms with E-state index in [-0.39, 0.29) is 5.91 Å². The lowest BCUT2D eigenvalue weighted by atomic mass is 9.98. The van der Waals surface area contributed by atoms with Crippen LogP contribution in [0.15, 0.2) is 42.6 Å². The maximum atomic E-state index is 12.6. The SMILES string of the molecule is CC(=O)O.O=C(NCC1CCNCC1)c1ccc(-c2ccc(C(F)(F)F)nc2)cc1. The number of carbonyl (C=O) groups is 2. The van der Waals surface area contributed by atoms with E-state index in [1.54, 1.807) is 24.3 Å². The number of amides is 1. The third-order valence-corrected chi connectivity index (χ3v) is 4.54. The summed E-state index contributed by atoms with van der Waals surface area (Å²) in [5.41, 5.74) is 0.888. The van der Waals surface area contributed by atoms with Crippen LogP contribution in [0, 0.1) is 5.92 Å². The van der Waals surface area contributed by atoms with Crippen LogP contribution in [0.2, 0.25) is 0 Å². The number of halogens is 3. The molecule has 2 aromatic rings. The molecule has 2 heterocycles. The normalized spacial score (nSPS) is 14.4. The number of nitrogens with zero attached hydrogens (tertiary/aromatic N) is 1. The largest absolute Gasteiger partial charge is 0.481 e. The van der Waals surface area contributed by atoms with Crippen LogP contribution in [0.4, 0.5) is 13.2 Å². The molecule has 1 aliphatic heterocycles. The zero-order chi connectivity index (χ0) is 22.1. The van der Waals surface area contributed by atoms with Crippen molar-refractivity contribution in [2.24, 2.45) is 5.92 Å². The van der Waals surface area contributed by atoms with Crippen molar-refractivity contribution in [1.82, 2.24) is 15.6 Å². The number of aromatic nitrogens is 1. The van der Waals surface area contributed by atoms with Gasteiger partial charge in [-0.15, -0.1) is 0 Å². The van der Waals surface area contributed by atoms with E-state index < -0.39 is 17.8 Å². The van der Waals surface area contributed by atoms with E-state index >= 15 is 0 Å². The Morgan fingerprint density at radius 2 is 1.67 bits per heavy atom. The molecule has 3 N–H and O–H groups in total. The molecule has 1 aromatic carbocycles. The summed E-state index contributed by atoms with van der Waals surface area (Å²) in [6.07, 6.45) is -1.15. The summed E-state index contributed by atoms with van der Waals surface area (Å²) in [4.78, 5) is 24.7. The Morgan fingerprint density at radius 1 is 1.10 bits per heavy atom. The summed E-state index contributed by atoms with van der Waals surface area (Å²) in [5.74, 6) is -0.474. The van der Waals surface area contributed by atoms with Crippen LogP contribution in [0.25, 0.3) is 11.1 Å². The van der Waals surface area contributed by atoms with E-state index in [0.29, 0.717) is 29.2 Å². The van der Waals surface area contributed by atoms with Crippen LogP contribution >= 0.6 is 0 Å². The first-order chi connectivity index (χ1) is 14.2. The van der Waals surface area contributed by atoms with Crippen LogP contribution in [0.1, 0.15) is 35.8 Å². The lowest BCUT2D eigenvalue weighted by Gasteiger charge is -2.22. The third-order valence-electron chi connectivity index (χ3n) is 4.54. The smallest absolute Gasteiger partial charge is 0.433 e. The molecule has 162 valence electrons. The summed E-state index contributed by atoms with van der Waals surface area (Å²) in [6, 6.07) is 9.10. The predicted octanol–water partition coefficient (Wildman–Crippen LogP) is 3.59. The van der Waals surface area contributed by atoms with Gasteiger partial charge in [0.05, 0.1) is 0 Å². The molecule has 1 saturated heterocycles. The van der Waals surface area contributed by atoms with Crippen molar-refractivity contribution < 1.29 is 27.9 Å². The maximum Gasteiger partial charge on any atom is 0.433 e. The molecule has 1 fully saturated rings. The van der Waals surface area contributed by atoms with Crippen LogP contribution in [-0.2, 0) is 11.0 Å². The second-order valence-corrected chi connectivity index (χ2v) is 6.93. The fourth-order valence-corrected chi connectivity index (χ4v) is 2.97. The number of piperidine rings is 1. The topological polar surface area (TPSA) is 91.3 Å². The molecule has 3 rings (SSSR count). The molecule has 6 nitrogen and oxygen atoms in total. The highest BCUT2D eigenvalue weighted by Gasteiger charge is 2.32. The van der Waals surface area contributed by atoms with E-state index in [1.165, 1.54) is 12.3 Å². The Morgan fingerprint density at radius 3 is 2.17 bits per heavy atom. The lowest BCUT2D eigenvalue weighted by Crippen LogP contribution is -2.35. The summed E-state index contributed by atoms with van der Waals surface area (Å²) in [5, 5.41) is 13.7. The van der Waals surface area contributed by atoms with E-state index in [1.807, 2.05) is 0 Å². The number of nitrogens with one attached hydrogen (secondary N) is 2. The number of benzene rings is 1. The molecule has 0 radical (unpaired) electrons. The van der Waals surface area contributed by atoms with Gasteiger partial charge in [-0.1, -0.05) is 18.2 Å². The van der Waals surface area contributed by atoms with Crippen molar-refractivity contribution >= 4 is 11.9 Å². The van der Waals surface area contributed by atoms with Gasteiger partial charge in [-0.3, -0.25) is 14.6 Å². The van der Waals surface area contributed by atoms with Crippen molar-refractivity contribution in [3.05, 3.63) is 53.9 Å². The van der Waals surface area contributed by atoms with Crippen molar-refractivity contribution in [1.29, 1.82) is 0 Å². The van der Waals surface area contributed by atoms with Crippen molar-refractivity contribution in [3.8, 4) is 11.1 Å². The van der Waals surface area contributed by atoms with Crippen LogP contribution in [0.5, 0.6) is 0 Å². The molecule has 1 amide bonds. The Kier molecular flexibility index (Phi) is 8.35. The molecule has 0 aliphatic carbocycles. The lowest BCUT2D eigenvalue weighted by molar-refractivity contribution is -0.141. The van der Waals surface area contributed by atoms with Crippen molar-refractivity contribution in [2.45, 2.75) is 25.9 Å². The average Bonchev–Trinajstić information content (AvgIpc) is 2.72. The number of hydrogen-bond acceptors (Lipinski definition) is 4. The number of hydrogen-bond donors (Lipinski definition) is 3. The number of rotatable bonds is 4. The van der Waals surface area contributed by atoms with E-state index in [2.05, 4.69) is 15.6 Å². The first-order valence-electron chi connectivity index (χ1n) is 9.49. The minimum absolute atomic E-state index is 0.138. The molecule has 30 heavy (non-hydrogen) atoms. The molecule has 0 spiro atoms.